The first-order chi connectivity index (χ1) is 13.7. The Labute approximate surface area is 168 Å². The van der Waals surface area contributed by atoms with E-state index in [9.17, 15) is 4.79 Å². The van der Waals surface area contributed by atoms with Crippen molar-refractivity contribution in [2.24, 2.45) is 0 Å². The van der Waals surface area contributed by atoms with E-state index in [1.165, 1.54) is 0 Å². The van der Waals surface area contributed by atoms with E-state index in [1.807, 2.05) is 84.9 Å². The SMILES string of the molecule is O=C(NCc1ccccc1)c1ccc(-c2cc(-c3ccc(Cl)cc3)[nH]n2)cc1. The van der Waals surface area contributed by atoms with Crippen molar-refractivity contribution in [2.45, 2.75) is 6.54 Å². The fraction of sp³-hybridized carbons (Fsp3) is 0.0435. The van der Waals surface area contributed by atoms with Crippen molar-refractivity contribution in [2.75, 3.05) is 0 Å². The van der Waals surface area contributed by atoms with E-state index in [0.717, 1.165) is 28.1 Å². The molecule has 1 heterocycles. The van der Waals surface area contributed by atoms with Crippen LogP contribution in [0.4, 0.5) is 0 Å². The zero-order valence-corrected chi connectivity index (χ0v) is 15.8. The van der Waals surface area contributed by atoms with Crippen LogP contribution in [0.1, 0.15) is 15.9 Å². The molecule has 0 unspecified atom stereocenters. The standard InChI is InChI=1S/C23H18ClN3O/c24-20-12-10-18(11-13-20)22-14-21(26-27-22)17-6-8-19(9-7-17)23(28)25-15-16-4-2-1-3-5-16/h1-14H,15H2,(H,25,28)(H,26,27). The number of halogens is 1. The number of hydrogen-bond acceptors (Lipinski definition) is 2. The minimum absolute atomic E-state index is 0.0979. The summed E-state index contributed by atoms with van der Waals surface area (Å²) in [7, 11) is 0. The highest BCUT2D eigenvalue weighted by Gasteiger charge is 2.09. The number of amides is 1. The number of nitrogens with one attached hydrogen (secondary N) is 2. The van der Waals surface area contributed by atoms with Gasteiger partial charge in [-0.2, -0.15) is 5.10 Å². The van der Waals surface area contributed by atoms with Crippen LogP contribution in [0, 0.1) is 0 Å². The van der Waals surface area contributed by atoms with Gasteiger partial charge in [0.25, 0.3) is 5.91 Å². The summed E-state index contributed by atoms with van der Waals surface area (Å²) >= 11 is 5.94. The summed E-state index contributed by atoms with van der Waals surface area (Å²) < 4.78 is 0. The van der Waals surface area contributed by atoms with E-state index >= 15 is 0 Å². The Kier molecular flexibility index (Phi) is 5.22. The molecule has 2 N–H and O–H groups in total. The maximum atomic E-state index is 12.3. The van der Waals surface area contributed by atoms with E-state index in [-0.39, 0.29) is 5.91 Å². The second kappa shape index (κ2) is 8.11. The Morgan fingerprint density at radius 1 is 0.893 bits per heavy atom. The molecule has 0 saturated heterocycles. The lowest BCUT2D eigenvalue weighted by molar-refractivity contribution is 0.0951. The second-order valence-corrected chi connectivity index (χ2v) is 6.86. The zero-order valence-electron chi connectivity index (χ0n) is 15.0. The van der Waals surface area contributed by atoms with E-state index < -0.39 is 0 Å². The van der Waals surface area contributed by atoms with E-state index in [2.05, 4.69) is 15.5 Å². The zero-order chi connectivity index (χ0) is 19.3. The van der Waals surface area contributed by atoms with E-state index in [4.69, 9.17) is 11.6 Å². The summed E-state index contributed by atoms with van der Waals surface area (Å²) in [5, 5.41) is 11.1. The van der Waals surface area contributed by atoms with Crippen molar-refractivity contribution >= 4 is 17.5 Å². The van der Waals surface area contributed by atoms with Crippen LogP contribution in [0.15, 0.2) is 84.9 Å². The predicted molar refractivity (Wildman–Crippen MR) is 112 cm³/mol. The number of aromatic nitrogens is 2. The molecule has 1 amide bonds. The van der Waals surface area contributed by atoms with Gasteiger partial charge in [0.2, 0.25) is 0 Å². The lowest BCUT2D eigenvalue weighted by Crippen LogP contribution is -2.22. The summed E-state index contributed by atoms with van der Waals surface area (Å²) in [6, 6.07) is 26.8. The molecule has 0 aliphatic carbocycles. The van der Waals surface area contributed by atoms with Crippen molar-refractivity contribution in [3.8, 4) is 22.5 Å². The summed E-state index contributed by atoms with van der Waals surface area (Å²) in [5.74, 6) is -0.0979. The van der Waals surface area contributed by atoms with E-state index in [0.29, 0.717) is 17.1 Å². The van der Waals surface area contributed by atoms with E-state index in [1.54, 1.807) is 0 Å². The summed E-state index contributed by atoms with van der Waals surface area (Å²) in [6.07, 6.45) is 0. The molecule has 0 aliphatic rings. The molecule has 28 heavy (non-hydrogen) atoms. The molecule has 138 valence electrons. The van der Waals surface area contributed by atoms with Gasteiger partial charge in [-0.25, -0.2) is 0 Å². The molecule has 3 aromatic carbocycles. The molecule has 0 fully saturated rings. The third kappa shape index (κ3) is 4.13. The monoisotopic (exact) mass is 387 g/mol. The van der Waals surface area contributed by atoms with Gasteiger partial charge in [-0.05, 0) is 41.5 Å². The molecule has 1 aromatic heterocycles. The van der Waals surface area contributed by atoms with Crippen LogP contribution >= 0.6 is 11.6 Å². The van der Waals surface area contributed by atoms with Gasteiger partial charge < -0.3 is 5.32 Å². The second-order valence-electron chi connectivity index (χ2n) is 6.42. The Morgan fingerprint density at radius 3 is 2.29 bits per heavy atom. The van der Waals surface area contributed by atoms with Crippen LogP contribution in [-0.4, -0.2) is 16.1 Å². The smallest absolute Gasteiger partial charge is 0.251 e. The van der Waals surface area contributed by atoms with Crippen LogP contribution in [0.5, 0.6) is 0 Å². The Bertz CT molecular complexity index is 1070. The highest BCUT2D eigenvalue weighted by Crippen LogP contribution is 2.25. The van der Waals surface area contributed by atoms with Gasteiger partial charge in [0, 0.05) is 22.7 Å². The average Bonchev–Trinajstić information content (AvgIpc) is 3.24. The summed E-state index contributed by atoms with van der Waals surface area (Å²) in [4.78, 5) is 12.3. The topological polar surface area (TPSA) is 57.8 Å². The van der Waals surface area contributed by atoms with Gasteiger partial charge >= 0.3 is 0 Å². The van der Waals surface area contributed by atoms with Crippen molar-refractivity contribution in [1.82, 2.24) is 15.5 Å². The minimum atomic E-state index is -0.0979. The van der Waals surface area contributed by atoms with Crippen LogP contribution in [-0.2, 0) is 6.54 Å². The Morgan fingerprint density at radius 2 is 1.57 bits per heavy atom. The molecular formula is C23H18ClN3O. The molecule has 0 atom stereocenters. The minimum Gasteiger partial charge on any atom is -0.348 e. The van der Waals surface area contributed by atoms with Crippen LogP contribution in [0.3, 0.4) is 0 Å². The quantitative estimate of drug-likeness (QED) is 0.486. The lowest BCUT2D eigenvalue weighted by atomic mass is 10.1. The van der Waals surface area contributed by atoms with Crippen molar-refractivity contribution < 1.29 is 4.79 Å². The largest absolute Gasteiger partial charge is 0.348 e. The molecule has 0 radical (unpaired) electrons. The maximum Gasteiger partial charge on any atom is 0.251 e. The van der Waals surface area contributed by atoms with Gasteiger partial charge in [0.05, 0.1) is 11.4 Å². The van der Waals surface area contributed by atoms with Crippen LogP contribution in [0.25, 0.3) is 22.5 Å². The first-order valence-electron chi connectivity index (χ1n) is 8.93. The van der Waals surface area contributed by atoms with Crippen LogP contribution < -0.4 is 5.32 Å². The number of H-pyrrole nitrogens is 1. The molecule has 0 bridgehead atoms. The predicted octanol–water partition coefficient (Wildman–Crippen LogP) is 5.33. The lowest BCUT2D eigenvalue weighted by Gasteiger charge is -2.06. The first kappa shape index (κ1) is 18.0. The molecule has 4 aromatic rings. The molecule has 0 saturated carbocycles. The Hall–Kier alpha value is -3.37. The molecular weight excluding hydrogens is 370 g/mol. The van der Waals surface area contributed by atoms with Gasteiger partial charge in [-0.15, -0.1) is 0 Å². The highest BCUT2D eigenvalue weighted by atomic mass is 35.5. The Balaban J connectivity index is 1.44. The maximum absolute atomic E-state index is 12.3. The third-order valence-corrected chi connectivity index (χ3v) is 4.72. The van der Waals surface area contributed by atoms with Crippen molar-refractivity contribution in [3.05, 3.63) is 101 Å². The summed E-state index contributed by atoms with van der Waals surface area (Å²) in [6.45, 7) is 0.505. The number of nitrogens with zero attached hydrogens (tertiary/aromatic N) is 1. The first-order valence-corrected chi connectivity index (χ1v) is 9.31. The number of hydrogen-bond donors (Lipinski definition) is 2. The number of carbonyl (C=O) groups is 1. The number of aromatic amines is 1. The number of rotatable bonds is 5. The van der Waals surface area contributed by atoms with Gasteiger partial charge in [-0.1, -0.05) is 66.2 Å². The third-order valence-electron chi connectivity index (χ3n) is 4.47. The number of carbonyl (C=O) groups excluding carboxylic acids is 1. The average molecular weight is 388 g/mol. The molecule has 0 spiro atoms. The van der Waals surface area contributed by atoms with Crippen LogP contribution in [0.2, 0.25) is 5.02 Å². The van der Waals surface area contributed by atoms with Gasteiger partial charge in [0.1, 0.15) is 0 Å². The highest BCUT2D eigenvalue weighted by molar-refractivity contribution is 6.30. The molecule has 0 aliphatic heterocycles. The fourth-order valence-corrected chi connectivity index (χ4v) is 3.05. The number of benzene rings is 3. The van der Waals surface area contributed by atoms with Crippen molar-refractivity contribution in [3.63, 3.8) is 0 Å². The molecule has 4 nitrogen and oxygen atoms in total. The van der Waals surface area contributed by atoms with Gasteiger partial charge in [0.15, 0.2) is 0 Å². The summed E-state index contributed by atoms with van der Waals surface area (Å²) in [5.41, 5.74) is 5.38. The molecule has 5 heteroatoms. The van der Waals surface area contributed by atoms with Gasteiger partial charge in [-0.3, -0.25) is 9.89 Å². The molecule has 4 rings (SSSR count). The normalized spacial score (nSPS) is 10.6. The fourth-order valence-electron chi connectivity index (χ4n) is 2.92. The van der Waals surface area contributed by atoms with Crippen molar-refractivity contribution in [1.29, 1.82) is 0 Å².